The maximum Gasteiger partial charge on any atom is 0.348 e. The van der Waals surface area contributed by atoms with Crippen LogP contribution in [0.15, 0.2) is 73.9 Å². The van der Waals surface area contributed by atoms with Crippen LogP contribution in [-0.2, 0) is 43.9 Å². The van der Waals surface area contributed by atoms with Gasteiger partial charge in [-0.1, -0.05) is 83.5 Å². The molecule has 1 aromatic carbocycles. The topological polar surface area (TPSA) is 239 Å². The van der Waals surface area contributed by atoms with Crippen LogP contribution in [0.5, 0.6) is 0 Å². The van der Waals surface area contributed by atoms with Crippen molar-refractivity contribution in [3.05, 3.63) is 79.5 Å². The van der Waals surface area contributed by atoms with Crippen LogP contribution in [0.3, 0.4) is 0 Å². The Morgan fingerprint density at radius 1 is 0.930 bits per heavy atom. The van der Waals surface area contributed by atoms with Gasteiger partial charge in [-0.2, -0.15) is 25.3 Å². The minimum absolute atomic E-state index is 0.0942. The molecule has 0 aliphatic heterocycles. The number of hydrogen-bond acceptors (Lipinski definition) is 9. The van der Waals surface area contributed by atoms with E-state index < -0.39 is 55.1 Å². The van der Waals surface area contributed by atoms with Crippen molar-refractivity contribution in [3.8, 4) is 0 Å². The maximum atomic E-state index is 10.8. The van der Waals surface area contributed by atoms with Crippen molar-refractivity contribution in [1.29, 1.82) is 0 Å². The van der Waals surface area contributed by atoms with Crippen LogP contribution >= 0.6 is 7.60 Å². The molecule has 43 heavy (non-hydrogen) atoms. The Morgan fingerprint density at radius 3 is 1.51 bits per heavy atom. The number of nitrogens with one attached hydrogen (secondary N) is 1. The molecule has 5 N–H and O–H groups in total. The summed E-state index contributed by atoms with van der Waals surface area (Å²) in [6, 6.07) is 10.0. The summed E-state index contributed by atoms with van der Waals surface area (Å²) in [5.74, 6) is -0.402. The summed E-state index contributed by atoms with van der Waals surface area (Å²) in [4.78, 5) is 26.4. The van der Waals surface area contributed by atoms with Crippen molar-refractivity contribution in [2.24, 2.45) is 5.41 Å². The van der Waals surface area contributed by atoms with Gasteiger partial charge in [-0.15, -0.1) is 0 Å². The molecule has 18 heteroatoms. The van der Waals surface area contributed by atoms with E-state index in [1.165, 1.54) is 19.4 Å². The van der Waals surface area contributed by atoms with Gasteiger partial charge in [0, 0.05) is 5.82 Å². The monoisotopic (exact) mass is 693 g/mol. The fourth-order valence-electron chi connectivity index (χ4n) is 1.75. The standard InChI is InChI=1S/C8H8.C7H13NO4S.C6H14O3S.C2H5O3P.C2H4O3S/c1-2-8-6-4-3-5-7-8;1-4-6(9)8-7(2,3)5-13(10,11)12;1-6(2,3)5-9-10(4,7)8;2*1-2-6(3,4)5/h2-7H,1H2;4H,1,5H2,2-3H3,(H,8,9)(H,10,11,12);5H2,1-4H3;2H,1H2,(H2,3,4,5);2H,1H2,(H,3,4,5). The second-order valence-corrected chi connectivity index (χ2v) is 15.9. The summed E-state index contributed by atoms with van der Waals surface area (Å²) in [6.07, 6.45) is 3.92. The van der Waals surface area contributed by atoms with Gasteiger partial charge >= 0.3 is 7.60 Å². The molecule has 1 rings (SSSR count). The van der Waals surface area contributed by atoms with Crippen LogP contribution in [-0.4, -0.2) is 74.2 Å². The molecule has 0 saturated carbocycles. The molecular weight excluding hydrogens is 649 g/mol. The predicted octanol–water partition coefficient (Wildman–Crippen LogP) is 3.62. The molecule has 14 nitrogen and oxygen atoms in total. The molecule has 1 amide bonds. The van der Waals surface area contributed by atoms with Crippen LogP contribution in [0.25, 0.3) is 6.08 Å². The zero-order chi connectivity index (χ0) is 35.3. The third-order valence-corrected chi connectivity index (χ3v) is 5.91. The van der Waals surface area contributed by atoms with Crippen LogP contribution in [0, 0.1) is 5.41 Å². The van der Waals surface area contributed by atoms with Gasteiger partial charge in [-0.05, 0) is 30.9 Å². The van der Waals surface area contributed by atoms with Gasteiger partial charge in [0.2, 0.25) is 5.91 Å². The van der Waals surface area contributed by atoms with Crippen LogP contribution in [0.1, 0.15) is 40.2 Å². The quantitative estimate of drug-likeness (QED) is 0.108. The van der Waals surface area contributed by atoms with E-state index in [1.807, 2.05) is 57.2 Å². The molecule has 250 valence electrons. The van der Waals surface area contributed by atoms with E-state index in [0.717, 1.165) is 12.3 Å². The molecule has 1 aromatic rings. The number of hydrogen-bond donors (Lipinski definition) is 5. The third-order valence-electron chi connectivity index (χ3n) is 3.38. The van der Waals surface area contributed by atoms with Crippen molar-refractivity contribution >= 4 is 49.9 Å². The SMILES string of the molecule is C=CC(=O)NC(C)(C)CS(=O)(=O)O.C=CP(=O)(O)O.C=CS(=O)(=O)O.C=Cc1ccccc1.CC(C)(C)COS(C)(=O)=O. The average Bonchev–Trinajstić information content (AvgIpc) is 2.81. The first-order valence-electron chi connectivity index (χ1n) is 11.6. The van der Waals surface area contributed by atoms with Crippen molar-refractivity contribution in [2.45, 2.75) is 40.2 Å². The minimum atomic E-state index is -4.08. The van der Waals surface area contributed by atoms with Gasteiger partial charge in [0.15, 0.2) is 0 Å². The second-order valence-electron chi connectivity index (χ2n) is 9.90. The van der Waals surface area contributed by atoms with Gasteiger partial charge < -0.3 is 15.1 Å². The minimum Gasteiger partial charge on any atom is -0.347 e. The highest BCUT2D eigenvalue weighted by Crippen LogP contribution is 2.34. The van der Waals surface area contributed by atoms with Crippen molar-refractivity contribution in [3.63, 3.8) is 0 Å². The predicted molar refractivity (Wildman–Crippen MR) is 170 cm³/mol. The van der Waals surface area contributed by atoms with Gasteiger partial charge in [0.25, 0.3) is 30.4 Å². The largest absolute Gasteiger partial charge is 0.348 e. The zero-order valence-corrected chi connectivity index (χ0v) is 28.4. The molecule has 0 aliphatic rings. The van der Waals surface area contributed by atoms with Crippen molar-refractivity contribution in [2.75, 3.05) is 18.6 Å². The Balaban J connectivity index is -0.000000228. The van der Waals surface area contributed by atoms with E-state index in [4.69, 9.17) is 18.9 Å². The van der Waals surface area contributed by atoms with Crippen LogP contribution < -0.4 is 5.32 Å². The molecule has 0 spiro atoms. The molecule has 0 aromatic heterocycles. The van der Waals surface area contributed by atoms with E-state index >= 15 is 0 Å². The molecular formula is C25H44NO13PS3. The molecule has 0 aliphatic carbocycles. The number of carbonyl (C=O) groups is 1. The fourth-order valence-corrected chi connectivity index (χ4v) is 3.30. The highest BCUT2D eigenvalue weighted by Gasteiger charge is 2.25. The fraction of sp³-hybridized carbons (Fsp3) is 0.400. The summed E-state index contributed by atoms with van der Waals surface area (Å²) in [5.41, 5.74) is 0.0783. The average molecular weight is 694 g/mol. The number of benzene rings is 1. The second kappa shape index (κ2) is 21.3. The van der Waals surface area contributed by atoms with E-state index in [0.29, 0.717) is 11.2 Å². The van der Waals surface area contributed by atoms with E-state index in [1.54, 1.807) is 0 Å². The van der Waals surface area contributed by atoms with Crippen LogP contribution in [0.2, 0.25) is 0 Å². The highest BCUT2D eigenvalue weighted by molar-refractivity contribution is 7.88. The third kappa shape index (κ3) is 49.5. The summed E-state index contributed by atoms with van der Waals surface area (Å²) >= 11 is 0. The first-order valence-corrected chi connectivity index (χ1v) is 18.2. The summed E-state index contributed by atoms with van der Waals surface area (Å²) < 4.78 is 91.1. The van der Waals surface area contributed by atoms with E-state index in [9.17, 15) is 34.6 Å². The van der Waals surface area contributed by atoms with Crippen LogP contribution in [0.4, 0.5) is 0 Å². The zero-order valence-electron chi connectivity index (χ0n) is 25.1. The Kier molecular flexibility index (Phi) is 23.5. The number of carbonyl (C=O) groups excluding carboxylic acids is 1. The number of amides is 1. The highest BCUT2D eigenvalue weighted by atomic mass is 32.2. The Hall–Kier alpha value is -2.47. The Labute approximate surface area is 256 Å². The van der Waals surface area contributed by atoms with Crippen molar-refractivity contribution < 1.29 is 57.7 Å². The molecule has 0 heterocycles. The van der Waals surface area contributed by atoms with Gasteiger partial charge in [-0.25, -0.2) is 0 Å². The number of rotatable bonds is 9. The molecule has 0 bridgehead atoms. The lowest BCUT2D eigenvalue weighted by Crippen LogP contribution is -2.47. The first-order chi connectivity index (χ1) is 18.9. The summed E-state index contributed by atoms with van der Waals surface area (Å²) in [7, 11) is -15.1. The van der Waals surface area contributed by atoms with E-state index in [-0.39, 0.29) is 12.0 Å². The maximum absolute atomic E-state index is 10.8. The lowest BCUT2D eigenvalue weighted by Gasteiger charge is -2.23. The molecule has 0 saturated heterocycles. The lowest BCUT2D eigenvalue weighted by molar-refractivity contribution is -0.117. The van der Waals surface area contributed by atoms with Gasteiger partial charge in [0.05, 0.1) is 29.6 Å². The molecule has 0 radical (unpaired) electrons. The smallest absolute Gasteiger partial charge is 0.347 e. The molecule has 0 unspecified atom stereocenters. The lowest BCUT2D eigenvalue weighted by atomic mass is 9.99. The van der Waals surface area contributed by atoms with Gasteiger partial charge in [0.1, 0.15) is 0 Å². The van der Waals surface area contributed by atoms with Gasteiger partial charge in [-0.3, -0.25) is 22.6 Å². The summed E-state index contributed by atoms with van der Waals surface area (Å²) in [5, 5.41) is 2.83. The first kappa shape index (κ1) is 47.5. The molecule has 0 atom stereocenters. The Morgan fingerprint density at radius 2 is 1.33 bits per heavy atom. The summed E-state index contributed by atoms with van der Waals surface area (Å²) in [6.45, 7) is 21.5. The normalized spacial score (nSPS) is 11.5. The molecule has 0 fully saturated rings. The van der Waals surface area contributed by atoms with Crippen molar-refractivity contribution in [1.82, 2.24) is 5.32 Å². The Bertz CT molecular complexity index is 1360. The van der Waals surface area contributed by atoms with E-state index in [2.05, 4.69) is 35.8 Å².